The maximum Gasteiger partial charge on any atom is 0.272 e. The van der Waals surface area contributed by atoms with E-state index in [0.717, 1.165) is 25.0 Å². The largest absolute Gasteiger partial charge is 0.369 e. The molecule has 1 aliphatic heterocycles. The lowest BCUT2D eigenvalue weighted by atomic mass is 9.75. The van der Waals surface area contributed by atoms with Gasteiger partial charge in [-0.2, -0.15) is 5.10 Å². The van der Waals surface area contributed by atoms with Gasteiger partial charge in [0.15, 0.2) is 0 Å². The molecular weight excluding hydrogens is 280 g/mol. The van der Waals surface area contributed by atoms with Crippen molar-refractivity contribution in [2.45, 2.75) is 39.0 Å². The van der Waals surface area contributed by atoms with Crippen molar-refractivity contribution in [3.63, 3.8) is 0 Å². The van der Waals surface area contributed by atoms with Crippen molar-refractivity contribution in [3.8, 4) is 0 Å². The fraction of sp³-hybridized carbons (Fsp3) is 0.688. The summed E-state index contributed by atoms with van der Waals surface area (Å²) in [6.07, 6.45) is 4.83. The van der Waals surface area contributed by atoms with E-state index < -0.39 is 5.41 Å². The van der Waals surface area contributed by atoms with Gasteiger partial charge in [0, 0.05) is 20.1 Å². The Morgan fingerprint density at radius 2 is 2.18 bits per heavy atom. The zero-order valence-electron chi connectivity index (χ0n) is 13.3. The minimum absolute atomic E-state index is 0.0516. The summed E-state index contributed by atoms with van der Waals surface area (Å²) in [6, 6.07) is 1.80. The Morgan fingerprint density at radius 3 is 2.73 bits per heavy atom. The van der Waals surface area contributed by atoms with Gasteiger partial charge in [-0.25, -0.2) is 0 Å². The highest BCUT2D eigenvalue weighted by Crippen LogP contribution is 2.44. The summed E-state index contributed by atoms with van der Waals surface area (Å²) >= 11 is 0. The highest BCUT2D eigenvalue weighted by molar-refractivity contribution is 5.93. The lowest BCUT2D eigenvalue weighted by Crippen LogP contribution is -2.52. The van der Waals surface area contributed by atoms with Gasteiger partial charge in [0.25, 0.3) is 5.91 Å². The van der Waals surface area contributed by atoms with Gasteiger partial charge in [0.05, 0.1) is 11.1 Å². The predicted molar refractivity (Wildman–Crippen MR) is 82.1 cm³/mol. The molecule has 1 atom stereocenters. The molecule has 22 heavy (non-hydrogen) atoms. The zero-order valence-corrected chi connectivity index (χ0v) is 13.3. The molecule has 0 radical (unpaired) electrons. The van der Waals surface area contributed by atoms with Crippen LogP contribution in [0.15, 0.2) is 6.07 Å². The second-order valence-corrected chi connectivity index (χ2v) is 6.92. The fourth-order valence-electron chi connectivity index (χ4n) is 3.62. The third kappa shape index (κ3) is 2.74. The van der Waals surface area contributed by atoms with E-state index in [4.69, 9.17) is 5.73 Å². The van der Waals surface area contributed by atoms with Crippen LogP contribution in [0.3, 0.4) is 0 Å². The molecule has 2 fully saturated rings. The molecule has 120 valence electrons. The van der Waals surface area contributed by atoms with E-state index in [9.17, 15) is 9.59 Å². The molecule has 1 aliphatic carbocycles. The van der Waals surface area contributed by atoms with Crippen LogP contribution in [0.1, 0.15) is 48.3 Å². The van der Waals surface area contributed by atoms with E-state index in [1.165, 1.54) is 12.8 Å². The number of hydrogen-bond acceptors (Lipinski definition) is 3. The third-order valence-corrected chi connectivity index (χ3v) is 4.98. The molecule has 2 N–H and O–H groups in total. The van der Waals surface area contributed by atoms with E-state index in [1.807, 2.05) is 6.92 Å². The maximum absolute atomic E-state index is 12.8. The normalized spacial score (nSPS) is 25.3. The third-order valence-electron chi connectivity index (χ3n) is 4.98. The number of likely N-dealkylation sites (tertiary alicyclic amines) is 1. The molecule has 0 bridgehead atoms. The number of hydrogen-bond donors (Lipinski definition) is 1. The second kappa shape index (κ2) is 5.41. The van der Waals surface area contributed by atoms with Gasteiger partial charge in [0.1, 0.15) is 5.69 Å². The Kier molecular flexibility index (Phi) is 3.70. The molecule has 6 heteroatoms. The van der Waals surface area contributed by atoms with Gasteiger partial charge in [0.2, 0.25) is 5.91 Å². The van der Waals surface area contributed by atoms with Gasteiger partial charge in [-0.3, -0.25) is 14.3 Å². The molecule has 1 aromatic rings. The van der Waals surface area contributed by atoms with Crippen LogP contribution in [0.4, 0.5) is 0 Å². The minimum atomic E-state index is -0.539. The number of aromatic nitrogens is 2. The second-order valence-electron chi connectivity index (χ2n) is 6.92. The molecule has 1 saturated carbocycles. The number of carbonyl (C=O) groups is 2. The standard InChI is InChI=1S/C16H24N4O2/c1-11-8-13(19(2)18-11)14(21)20-7-3-6-16(10-20,15(17)22)9-12-4-5-12/h8,12H,3-7,9-10H2,1-2H3,(H2,17,22). The fourth-order valence-corrected chi connectivity index (χ4v) is 3.62. The summed E-state index contributed by atoms with van der Waals surface area (Å²) in [5, 5.41) is 4.23. The van der Waals surface area contributed by atoms with Crippen LogP contribution in [0.2, 0.25) is 0 Å². The van der Waals surface area contributed by atoms with Gasteiger partial charge in [-0.05, 0) is 38.2 Å². The Balaban J connectivity index is 1.80. The molecule has 2 aliphatic rings. The first-order valence-electron chi connectivity index (χ1n) is 8.01. The number of nitrogens with two attached hydrogens (primary N) is 1. The van der Waals surface area contributed by atoms with Crippen LogP contribution >= 0.6 is 0 Å². The summed E-state index contributed by atoms with van der Waals surface area (Å²) in [4.78, 5) is 26.6. The first-order chi connectivity index (χ1) is 10.4. The molecular formula is C16H24N4O2. The van der Waals surface area contributed by atoms with Crippen molar-refractivity contribution in [2.24, 2.45) is 24.1 Å². The summed E-state index contributed by atoms with van der Waals surface area (Å²) in [7, 11) is 1.77. The minimum Gasteiger partial charge on any atom is -0.369 e. The Morgan fingerprint density at radius 1 is 1.45 bits per heavy atom. The van der Waals surface area contributed by atoms with Gasteiger partial charge in [-0.1, -0.05) is 12.8 Å². The number of primary amides is 1. The van der Waals surface area contributed by atoms with Gasteiger partial charge >= 0.3 is 0 Å². The zero-order chi connectivity index (χ0) is 15.9. The molecule has 0 spiro atoms. The van der Waals surface area contributed by atoms with Crippen molar-refractivity contribution in [3.05, 3.63) is 17.5 Å². The molecule has 6 nitrogen and oxygen atoms in total. The monoisotopic (exact) mass is 304 g/mol. The number of carbonyl (C=O) groups excluding carboxylic acids is 2. The van der Waals surface area contributed by atoms with Crippen LogP contribution in [0.5, 0.6) is 0 Å². The summed E-state index contributed by atoms with van der Waals surface area (Å²) in [5.41, 5.74) is 6.57. The smallest absolute Gasteiger partial charge is 0.272 e. The first kappa shape index (κ1) is 15.1. The van der Waals surface area contributed by atoms with E-state index in [2.05, 4.69) is 5.10 Å². The summed E-state index contributed by atoms with van der Waals surface area (Å²) in [5.74, 6) is 0.309. The highest BCUT2D eigenvalue weighted by atomic mass is 16.2. The van der Waals surface area contributed by atoms with Gasteiger partial charge < -0.3 is 10.6 Å². The molecule has 1 saturated heterocycles. The lowest BCUT2D eigenvalue weighted by Gasteiger charge is -2.41. The van der Waals surface area contributed by atoms with Crippen LogP contribution < -0.4 is 5.73 Å². The SMILES string of the molecule is Cc1cc(C(=O)N2CCCC(CC3CC3)(C(N)=O)C2)n(C)n1. The molecule has 1 unspecified atom stereocenters. The predicted octanol–water partition coefficient (Wildman–Crippen LogP) is 1.24. The average molecular weight is 304 g/mol. The molecule has 2 amide bonds. The van der Waals surface area contributed by atoms with Crippen LogP contribution in [-0.2, 0) is 11.8 Å². The van der Waals surface area contributed by atoms with E-state index in [1.54, 1.807) is 22.7 Å². The number of amides is 2. The number of piperidine rings is 1. The molecule has 0 aromatic carbocycles. The maximum atomic E-state index is 12.8. The summed E-state index contributed by atoms with van der Waals surface area (Å²) in [6.45, 7) is 3.00. The van der Waals surface area contributed by atoms with Crippen molar-refractivity contribution < 1.29 is 9.59 Å². The Labute approximate surface area is 130 Å². The average Bonchev–Trinajstić information content (AvgIpc) is 3.21. The van der Waals surface area contributed by atoms with Gasteiger partial charge in [-0.15, -0.1) is 0 Å². The highest BCUT2D eigenvalue weighted by Gasteiger charge is 2.45. The number of rotatable bonds is 4. The topological polar surface area (TPSA) is 81.2 Å². The quantitative estimate of drug-likeness (QED) is 0.908. The molecule has 1 aromatic heterocycles. The van der Waals surface area contributed by atoms with Crippen molar-refractivity contribution >= 4 is 11.8 Å². The first-order valence-corrected chi connectivity index (χ1v) is 8.01. The van der Waals surface area contributed by atoms with Crippen LogP contribution in [0, 0.1) is 18.3 Å². The van der Waals surface area contributed by atoms with Crippen LogP contribution in [0.25, 0.3) is 0 Å². The Bertz CT molecular complexity index is 605. The molecule has 2 heterocycles. The van der Waals surface area contributed by atoms with E-state index >= 15 is 0 Å². The van der Waals surface area contributed by atoms with Crippen molar-refractivity contribution in [1.29, 1.82) is 0 Å². The van der Waals surface area contributed by atoms with Crippen LogP contribution in [-0.4, -0.2) is 39.6 Å². The van der Waals surface area contributed by atoms with E-state index in [-0.39, 0.29) is 11.8 Å². The van der Waals surface area contributed by atoms with E-state index in [0.29, 0.717) is 24.7 Å². The van der Waals surface area contributed by atoms with Crippen molar-refractivity contribution in [1.82, 2.24) is 14.7 Å². The number of nitrogens with zero attached hydrogens (tertiary/aromatic N) is 3. The Hall–Kier alpha value is -1.85. The number of aryl methyl sites for hydroxylation is 2. The molecule has 3 rings (SSSR count). The van der Waals surface area contributed by atoms with Crippen molar-refractivity contribution in [2.75, 3.05) is 13.1 Å². The summed E-state index contributed by atoms with van der Waals surface area (Å²) < 4.78 is 1.61. The lowest BCUT2D eigenvalue weighted by molar-refractivity contribution is -0.131.